The van der Waals surface area contributed by atoms with Crippen molar-refractivity contribution in [2.45, 2.75) is 39.2 Å². The number of anilines is 2. The standard InChI is InChI=1S/C16H22N2O6S/c1-4-6-9-25(21,22)18-11-7-8-12-13(10-11)24-16(3,14(19)17-12)15(20)23-5-2/h7-8,10,18H,4-6,9H2,1-3H3,(H,17,19)/t16-/m1/s1. The second-order valence-electron chi connectivity index (χ2n) is 5.80. The highest BCUT2D eigenvalue weighted by molar-refractivity contribution is 7.92. The number of esters is 1. The summed E-state index contributed by atoms with van der Waals surface area (Å²) < 4.78 is 36.9. The van der Waals surface area contributed by atoms with E-state index in [0.717, 1.165) is 6.42 Å². The molecule has 138 valence electrons. The fourth-order valence-corrected chi connectivity index (χ4v) is 3.51. The van der Waals surface area contributed by atoms with Gasteiger partial charge in [0.05, 0.1) is 23.7 Å². The Bertz CT molecular complexity index is 777. The minimum Gasteiger partial charge on any atom is -0.464 e. The zero-order valence-corrected chi connectivity index (χ0v) is 15.2. The van der Waals surface area contributed by atoms with E-state index in [0.29, 0.717) is 12.1 Å². The van der Waals surface area contributed by atoms with Crippen molar-refractivity contribution in [3.63, 3.8) is 0 Å². The first-order valence-electron chi connectivity index (χ1n) is 8.04. The Balaban J connectivity index is 2.25. The van der Waals surface area contributed by atoms with Gasteiger partial charge in [0, 0.05) is 6.07 Å². The van der Waals surface area contributed by atoms with Crippen LogP contribution < -0.4 is 14.8 Å². The molecule has 25 heavy (non-hydrogen) atoms. The molecule has 0 bridgehead atoms. The molecule has 0 radical (unpaired) electrons. The third-order valence-corrected chi connectivity index (χ3v) is 5.05. The highest BCUT2D eigenvalue weighted by Crippen LogP contribution is 2.36. The maximum atomic E-state index is 12.2. The average molecular weight is 370 g/mol. The van der Waals surface area contributed by atoms with Crippen LogP contribution >= 0.6 is 0 Å². The van der Waals surface area contributed by atoms with Crippen LogP contribution in [0.15, 0.2) is 18.2 Å². The van der Waals surface area contributed by atoms with Crippen LogP contribution in [0.25, 0.3) is 0 Å². The quantitative estimate of drug-likeness (QED) is 0.560. The minimum absolute atomic E-state index is 0.0126. The molecule has 1 aromatic carbocycles. The molecular formula is C16H22N2O6S. The molecule has 0 fully saturated rings. The molecule has 2 rings (SSSR count). The zero-order chi connectivity index (χ0) is 18.7. The molecule has 1 heterocycles. The first-order valence-corrected chi connectivity index (χ1v) is 9.69. The Labute approximate surface area is 146 Å². The largest absolute Gasteiger partial charge is 0.464 e. The predicted octanol–water partition coefficient (Wildman–Crippen LogP) is 1.88. The summed E-state index contributed by atoms with van der Waals surface area (Å²) in [7, 11) is -3.47. The van der Waals surface area contributed by atoms with Gasteiger partial charge in [-0.05, 0) is 32.4 Å². The molecular weight excluding hydrogens is 348 g/mol. The molecule has 2 N–H and O–H groups in total. The molecule has 1 atom stereocenters. The van der Waals surface area contributed by atoms with Gasteiger partial charge in [-0.2, -0.15) is 0 Å². The Hall–Kier alpha value is -2.29. The monoisotopic (exact) mass is 370 g/mol. The molecule has 9 heteroatoms. The summed E-state index contributed by atoms with van der Waals surface area (Å²) in [6.07, 6.45) is 1.31. The highest BCUT2D eigenvalue weighted by atomic mass is 32.2. The fourth-order valence-electron chi connectivity index (χ4n) is 2.25. The SMILES string of the molecule is CCCCS(=O)(=O)Nc1ccc2c(c1)O[C@@](C)(C(=O)OCC)C(=O)N2. The number of unbranched alkanes of at least 4 members (excludes halogenated alkanes) is 1. The van der Waals surface area contributed by atoms with Crippen LogP contribution in [0.3, 0.4) is 0 Å². The number of hydrogen-bond acceptors (Lipinski definition) is 6. The summed E-state index contributed by atoms with van der Waals surface area (Å²) in [4.78, 5) is 24.2. The second kappa shape index (κ2) is 7.30. The maximum absolute atomic E-state index is 12.2. The number of fused-ring (bicyclic) bond motifs is 1. The lowest BCUT2D eigenvalue weighted by atomic mass is 10.0. The lowest BCUT2D eigenvalue weighted by molar-refractivity contribution is -0.165. The second-order valence-corrected chi connectivity index (χ2v) is 7.64. The number of nitrogens with one attached hydrogen (secondary N) is 2. The third-order valence-electron chi connectivity index (χ3n) is 3.68. The first-order chi connectivity index (χ1) is 11.7. The summed E-state index contributed by atoms with van der Waals surface area (Å²) in [5, 5.41) is 2.57. The van der Waals surface area contributed by atoms with Gasteiger partial charge in [0.2, 0.25) is 10.0 Å². The van der Waals surface area contributed by atoms with E-state index in [2.05, 4.69) is 10.0 Å². The van der Waals surface area contributed by atoms with E-state index in [1.54, 1.807) is 6.92 Å². The molecule has 0 aromatic heterocycles. The van der Waals surface area contributed by atoms with E-state index in [9.17, 15) is 18.0 Å². The Morgan fingerprint density at radius 3 is 2.72 bits per heavy atom. The number of benzene rings is 1. The lowest BCUT2D eigenvalue weighted by Crippen LogP contribution is -2.55. The van der Waals surface area contributed by atoms with Crippen molar-refractivity contribution in [1.29, 1.82) is 0 Å². The van der Waals surface area contributed by atoms with Crippen molar-refractivity contribution in [3.05, 3.63) is 18.2 Å². The summed E-state index contributed by atoms with van der Waals surface area (Å²) in [5.74, 6) is -1.26. The van der Waals surface area contributed by atoms with Gasteiger partial charge in [-0.15, -0.1) is 0 Å². The molecule has 0 spiro atoms. The number of amides is 1. The molecule has 1 amide bonds. The lowest BCUT2D eigenvalue weighted by Gasteiger charge is -2.32. The predicted molar refractivity (Wildman–Crippen MR) is 93.1 cm³/mol. The van der Waals surface area contributed by atoms with Crippen LogP contribution in [0.5, 0.6) is 5.75 Å². The third kappa shape index (κ3) is 4.22. The Morgan fingerprint density at radius 2 is 2.08 bits per heavy atom. The van der Waals surface area contributed by atoms with Crippen molar-refractivity contribution < 1.29 is 27.5 Å². The van der Waals surface area contributed by atoms with E-state index in [1.165, 1.54) is 25.1 Å². The van der Waals surface area contributed by atoms with Crippen molar-refractivity contribution in [2.24, 2.45) is 0 Å². The van der Waals surface area contributed by atoms with Gasteiger partial charge in [-0.3, -0.25) is 9.52 Å². The van der Waals surface area contributed by atoms with Gasteiger partial charge in [0.15, 0.2) is 0 Å². The molecule has 1 aliphatic rings. The van der Waals surface area contributed by atoms with Crippen LogP contribution in [0.2, 0.25) is 0 Å². The average Bonchev–Trinajstić information content (AvgIpc) is 2.54. The summed E-state index contributed by atoms with van der Waals surface area (Å²) in [6, 6.07) is 4.45. The highest BCUT2D eigenvalue weighted by Gasteiger charge is 2.48. The van der Waals surface area contributed by atoms with Crippen molar-refractivity contribution >= 4 is 33.3 Å². The van der Waals surface area contributed by atoms with E-state index in [-0.39, 0.29) is 23.8 Å². The molecule has 1 aliphatic heterocycles. The minimum atomic E-state index is -3.47. The van der Waals surface area contributed by atoms with E-state index in [4.69, 9.17) is 9.47 Å². The van der Waals surface area contributed by atoms with Crippen LogP contribution in [0, 0.1) is 0 Å². The summed E-state index contributed by atoms with van der Waals surface area (Å²) >= 11 is 0. The molecule has 0 unspecified atom stereocenters. The Morgan fingerprint density at radius 1 is 1.36 bits per heavy atom. The van der Waals surface area contributed by atoms with Gasteiger partial charge in [0.25, 0.3) is 11.5 Å². The molecule has 0 saturated carbocycles. The number of carbonyl (C=O) groups is 2. The number of rotatable bonds is 7. The molecule has 1 aromatic rings. The van der Waals surface area contributed by atoms with Gasteiger partial charge < -0.3 is 14.8 Å². The van der Waals surface area contributed by atoms with Crippen LogP contribution in [0.1, 0.15) is 33.6 Å². The van der Waals surface area contributed by atoms with E-state index >= 15 is 0 Å². The number of carbonyl (C=O) groups excluding carboxylic acids is 2. The van der Waals surface area contributed by atoms with Crippen LogP contribution in [0.4, 0.5) is 11.4 Å². The van der Waals surface area contributed by atoms with Gasteiger partial charge in [-0.25, -0.2) is 13.2 Å². The van der Waals surface area contributed by atoms with Crippen molar-refractivity contribution in [2.75, 3.05) is 22.4 Å². The molecule has 0 aliphatic carbocycles. The van der Waals surface area contributed by atoms with Crippen LogP contribution in [-0.2, 0) is 24.3 Å². The topological polar surface area (TPSA) is 111 Å². The van der Waals surface area contributed by atoms with E-state index < -0.39 is 27.5 Å². The zero-order valence-electron chi connectivity index (χ0n) is 14.4. The summed E-state index contributed by atoms with van der Waals surface area (Å²) in [5.41, 5.74) is -1.19. The maximum Gasteiger partial charge on any atom is 0.360 e. The van der Waals surface area contributed by atoms with Gasteiger partial charge >= 0.3 is 5.97 Å². The molecule has 8 nitrogen and oxygen atoms in total. The smallest absolute Gasteiger partial charge is 0.360 e. The van der Waals surface area contributed by atoms with E-state index in [1.807, 2.05) is 6.92 Å². The van der Waals surface area contributed by atoms with Crippen molar-refractivity contribution in [3.8, 4) is 5.75 Å². The number of ether oxygens (including phenoxy) is 2. The number of hydrogen-bond donors (Lipinski definition) is 2. The molecule has 0 saturated heterocycles. The van der Waals surface area contributed by atoms with Gasteiger partial charge in [-0.1, -0.05) is 13.3 Å². The van der Waals surface area contributed by atoms with Gasteiger partial charge in [0.1, 0.15) is 5.75 Å². The Kier molecular flexibility index (Phi) is 5.56. The van der Waals surface area contributed by atoms with Crippen molar-refractivity contribution in [1.82, 2.24) is 0 Å². The number of sulfonamides is 1. The normalized spacial score (nSPS) is 19.4. The first kappa shape index (κ1) is 19.0. The fraction of sp³-hybridized carbons (Fsp3) is 0.500. The van der Waals surface area contributed by atoms with Crippen LogP contribution in [-0.4, -0.2) is 38.3 Å². The summed E-state index contributed by atoms with van der Waals surface area (Å²) in [6.45, 7) is 4.94.